The van der Waals surface area contributed by atoms with Crippen molar-refractivity contribution >= 4 is 12.0 Å². The van der Waals surface area contributed by atoms with Gasteiger partial charge >= 0.3 is 12.1 Å². The van der Waals surface area contributed by atoms with Crippen molar-refractivity contribution in [2.75, 3.05) is 7.11 Å². The Morgan fingerprint density at radius 3 is 2.44 bits per heavy atom. The summed E-state index contributed by atoms with van der Waals surface area (Å²) in [6, 6.07) is 1.46. The Morgan fingerprint density at radius 1 is 1.33 bits per heavy atom. The molecular formula is C11H7F5O2. The van der Waals surface area contributed by atoms with E-state index in [0.717, 1.165) is 7.11 Å². The van der Waals surface area contributed by atoms with E-state index in [0.29, 0.717) is 24.3 Å². The number of ether oxygens (including phenoxy) is 1. The molecule has 7 heteroatoms. The Morgan fingerprint density at radius 2 is 1.94 bits per heavy atom. The molecule has 1 aromatic carbocycles. The van der Waals surface area contributed by atoms with E-state index in [-0.39, 0.29) is 0 Å². The number of alkyl halides is 3. The first-order valence-corrected chi connectivity index (χ1v) is 4.58. The van der Waals surface area contributed by atoms with Gasteiger partial charge in [0.2, 0.25) is 5.83 Å². The zero-order valence-corrected chi connectivity index (χ0v) is 9.02. The molecule has 0 radical (unpaired) electrons. The molecule has 0 aromatic heterocycles. The maximum absolute atomic E-state index is 13.2. The van der Waals surface area contributed by atoms with E-state index in [1.165, 1.54) is 0 Å². The molecule has 0 saturated heterocycles. The highest BCUT2D eigenvalue weighted by molar-refractivity contribution is 5.91. The first kappa shape index (κ1) is 14.1. The first-order chi connectivity index (χ1) is 8.25. The second-order valence-electron chi connectivity index (χ2n) is 3.22. The van der Waals surface area contributed by atoms with E-state index in [2.05, 4.69) is 4.74 Å². The fourth-order valence-corrected chi connectivity index (χ4v) is 1.12. The van der Waals surface area contributed by atoms with E-state index in [4.69, 9.17) is 0 Å². The first-order valence-electron chi connectivity index (χ1n) is 4.58. The highest BCUT2D eigenvalue weighted by Crippen LogP contribution is 2.30. The largest absolute Gasteiger partial charge is 0.464 e. The van der Waals surface area contributed by atoms with Crippen LogP contribution in [0, 0.1) is 5.82 Å². The SMILES string of the molecule is COC(=O)C(F)=Cc1cc(C(F)(F)F)ccc1F. The smallest absolute Gasteiger partial charge is 0.416 e. The van der Waals surface area contributed by atoms with Gasteiger partial charge < -0.3 is 4.74 Å². The summed E-state index contributed by atoms with van der Waals surface area (Å²) in [7, 11) is 0.887. The molecule has 0 spiro atoms. The molecule has 0 amide bonds. The van der Waals surface area contributed by atoms with Crippen LogP contribution in [0.2, 0.25) is 0 Å². The molecule has 2 nitrogen and oxygen atoms in total. The summed E-state index contributed by atoms with van der Waals surface area (Å²) in [4.78, 5) is 10.7. The molecule has 0 N–H and O–H groups in total. The van der Waals surface area contributed by atoms with Gasteiger partial charge in [-0.1, -0.05) is 0 Å². The van der Waals surface area contributed by atoms with E-state index >= 15 is 0 Å². The van der Waals surface area contributed by atoms with Crippen LogP contribution in [0.1, 0.15) is 11.1 Å². The fourth-order valence-electron chi connectivity index (χ4n) is 1.12. The summed E-state index contributed by atoms with van der Waals surface area (Å²) in [6.45, 7) is 0. The van der Waals surface area contributed by atoms with Crippen LogP contribution in [0.3, 0.4) is 0 Å². The molecule has 0 aliphatic rings. The molecule has 0 bridgehead atoms. The van der Waals surface area contributed by atoms with Crippen LogP contribution in [0.5, 0.6) is 0 Å². The fraction of sp³-hybridized carbons (Fsp3) is 0.182. The maximum Gasteiger partial charge on any atom is 0.416 e. The minimum Gasteiger partial charge on any atom is -0.464 e. The standard InChI is InChI=1S/C11H7F5O2/c1-18-10(17)9(13)5-6-4-7(11(14,15)16)2-3-8(6)12/h2-5H,1H3. The average molecular weight is 266 g/mol. The van der Waals surface area contributed by atoms with Crippen molar-refractivity contribution in [2.45, 2.75) is 6.18 Å². The molecule has 0 aliphatic carbocycles. The number of esters is 1. The molecule has 0 unspecified atom stereocenters. The van der Waals surface area contributed by atoms with Crippen molar-refractivity contribution in [1.82, 2.24) is 0 Å². The summed E-state index contributed by atoms with van der Waals surface area (Å²) in [6.07, 6.45) is -4.34. The lowest BCUT2D eigenvalue weighted by Gasteiger charge is -2.07. The van der Waals surface area contributed by atoms with Crippen LogP contribution >= 0.6 is 0 Å². The van der Waals surface area contributed by atoms with Gasteiger partial charge in [0.25, 0.3) is 0 Å². The van der Waals surface area contributed by atoms with Gasteiger partial charge in [-0.3, -0.25) is 0 Å². The van der Waals surface area contributed by atoms with Gasteiger partial charge in [0.05, 0.1) is 12.7 Å². The summed E-state index contributed by atoms with van der Waals surface area (Å²) in [5.41, 5.74) is -1.83. The highest BCUT2D eigenvalue weighted by atomic mass is 19.4. The normalized spacial score (nSPS) is 12.4. The molecule has 0 saturated carbocycles. The summed E-state index contributed by atoms with van der Waals surface area (Å²) in [5.74, 6) is -3.97. The zero-order chi connectivity index (χ0) is 13.9. The van der Waals surface area contributed by atoms with Crippen molar-refractivity contribution in [3.8, 4) is 0 Å². The highest BCUT2D eigenvalue weighted by Gasteiger charge is 2.31. The number of hydrogen-bond donors (Lipinski definition) is 0. The number of methoxy groups -OCH3 is 1. The van der Waals surface area contributed by atoms with Crippen LogP contribution in [0.15, 0.2) is 24.0 Å². The zero-order valence-electron chi connectivity index (χ0n) is 9.02. The lowest BCUT2D eigenvalue weighted by Crippen LogP contribution is -2.06. The van der Waals surface area contributed by atoms with Crippen LogP contribution in [0.4, 0.5) is 22.0 Å². The molecule has 0 heterocycles. The van der Waals surface area contributed by atoms with Crippen LogP contribution in [0.25, 0.3) is 6.08 Å². The molecule has 18 heavy (non-hydrogen) atoms. The monoisotopic (exact) mass is 266 g/mol. The van der Waals surface area contributed by atoms with E-state index in [1.54, 1.807) is 0 Å². The van der Waals surface area contributed by atoms with Gasteiger partial charge in [0.15, 0.2) is 0 Å². The molecule has 0 aliphatic heterocycles. The molecule has 1 aromatic rings. The van der Waals surface area contributed by atoms with Gasteiger partial charge in [0, 0.05) is 5.56 Å². The van der Waals surface area contributed by atoms with Crippen molar-refractivity contribution < 1.29 is 31.5 Å². The van der Waals surface area contributed by atoms with Crippen LogP contribution in [-0.4, -0.2) is 13.1 Å². The van der Waals surface area contributed by atoms with Crippen molar-refractivity contribution in [3.63, 3.8) is 0 Å². The third-order valence-electron chi connectivity index (χ3n) is 1.99. The van der Waals surface area contributed by atoms with Gasteiger partial charge in [0.1, 0.15) is 5.82 Å². The van der Waals surface area contributed by atoms with E-state index < -0.39 is 34.9 Å². The minimum absolute atomic E-state index is 0.344. The van der Waals surface area contributed by atoms with Gasteiger partial charge in [-0.25, -0.2) is 9.18 Å². The quantitative estimate of drug-likeness (QED) is 0.466. The van der Waals surface area contributed by atoms with Crippen LogP contribution < -0.4 is 0 Å². The minimum atomic E-state index is -4.68. The number of hydrogen-bond acceptors (Lipinski definition) is 2. The van der Waals surface area contributed by atoms with Gasteiger partial charge in [-0.05, 0) is 24.3 Å². The van der Waals surface area contributed by atoms with E-state index in [9.17, 15) is 26.7 Å². The predicted molar refractivity (Wildman–Crippen MR) is 52.5 cm³/mol. The number of carbonyl (C=O) groups excluding carboxylic acids is 1. The summed E-state index contributed by atoms with van der Waals surface area (Å²) in [5, 5.41) is 0. The predicted octanol–water partition coefficient (Wildman–Crippen LogP) is 3.33. The Kier molecular flexibility index (Phi) is 4.05. The Bertz CT molecular complexity index is 491. The van der Waals surface area contributed by atoms with Crippen molar-refractivity contribution in [2.24, 2.45) is 0 Å². The third-order valence-corrected chi connectivity index (χ3v) is 1.99. The molecule has 1 rings (SSSR count). The number of rotatable bonds is 2. The number of benzene rings is 1. The Labute approximate surface area is 98.7 Å². The maximum atomic E-state index is 13.2. The van der Waals surface area contributed by atoms with Crippen molar-refractivity contribution in [3.05, 3.63) is 41.0 Å². The van der Waals surface area contributed by atoms with Crippen molar-refractivity contribution in [1.29, 1.82) is 0 Å². The third kappa shape index (κ3) is 3.28. The summed E-state index contributed by atoms with van der Waals surface area (Å²) >= 11 is 0. The second-order valence-corrected chi connectivity index (χ2v) is 3.22. The van der Waals surface area contributed by atoms with E-state index in [1.807, 2.05) is 0 Å². The van der Waals surface area contributed by atoms with Gasteiger partial charge in [-0.15, -0.1) is 0 Å². The lowest BCUT2D eigenvalue weighted by atomic mass is 10.1. The van der Waals surface area contributed by atoms with Crippen LogP contribution in [-0.2, 0) is 15.7 Å². The molecular weight excluding hydrogens is 259 g/mol. The average Bonchev–Trinajstić information content (AvgIpc) is 2.29. The second kappa shape index (κ2) is 5.16. The Balaban J connectivity index is 3.21. The topological polar surface area (TPSA) is 26.3 Å². The Hall–Kier alpha value is -1.92. The number of halogens is 5. The lowest BCUT2D eigenvalue weighted by molar-refractivity contribution is -0.138. The van der Waals surface area contributed by atoms with Gasteiger partial charge in [-0.2, -0.15) is 17.6 Å². The molecule has 98 valence electrons. The number of carbonyl (C=O) groups is 1. The summed E-state index contributed by atoms with van der Waals surface area (Å²) < 4.78 is 67.2. The molecule has 0 fully saturated rings. The molecule has 0 atom stereocenters.